The minimum atomic E-state index is -0.681. The van der Waals surface area contributed by atoms with Crippen LogP contribution in [0.5, 0.6) is 0 Å². The van der Waals surface area contributed by atoms with E-state index in [1.807, 2.05) is 12.1 Å². The van der Waals surface area contributed by atoms with Gasteiger partial charge in [-0.05, 0) is 37.5 Å². The van der Waals surface area contributed by atoms with E-state index in [1.54, 1.807) is 0 Å². The largest absolute Gasteiger partial charge is 0.379 e. The van der Waals surface area contributed by atoms with E-state index in [0.29, 0.717) is 6.04 Å². The highest BCUT2D eigenvalue weighted by molar-refractivity contribution is 5.98. The Balaban J connectivity index is 0.00000156. The molecule has 1 atom stereocenters. The molecule has 0 bridgehead atoms. The first-order valence-corrected chi connectivity index (χ1v) is 8.61. The number of benzene rings is 1. The average Bonchev–Trinajstić information content (AvgIpc) is 3.04. The molecular formula is C18H29Cl2N3O2. The van der Waals surface area contributed by atoms with Gasteiger partial charge in [-0.25, -0.2) is 0 Å². The van der Waals surface area contributed by atoms with Crippen LogP contribution in [0.1, 0.15) is 44.2 Å². The molecule has 0 aromatic heterocycles. The summed E-state index contributed by atoms with van der Waals surface area (Å²) in [7, 11) is 0. The van der Waals surface area contributed by atoms with Crippen LogP contribution in [-0.4, -0.2) is 42.6 Å². The SMILES string of the molecule is CC(c1ccc(NC(=O)C2(N)CCCC2)cc1)N1CCOCC1.Cl.Cl. The quantitative estimate of drug-likeness (QED) is 0.829. The van der Waals surface area contributed by atoms with Crippen LogP contribution in [0.4, 0.5) is 5.69 Å². The third-order valence-corrected chi connectivity index (χ3v) is 5.19. The monoisotopic (exact) mass is 389 g/mol. The maximum atomic E-state index is 12.3. The molecule has 2 aliphatic rings. The maximum absolute atomic E-state index is 12.3. The van der Waals surface area contributed by atoms with Crippen LogP contribution < -0.4 is 11.1 Å². The minimum absolute atomic E-state index is 0. The maximum Gasteiger partial charge on any atom is 0.244 e. The predicted octanol–water partition coefficient (Wildman–Crippen LogP) is 3.13. The van der Waals surface area contributed by atoms with Gasteiger partial charge in [0.15, 0.2) is 0 Å². The standard InChI is InChI=1S/C18H27N3O2.2ClH/c1-14(21-10-12-23-13-11-21)15-4-6-16(7-5-15)20-17(22)18(19)8-2-3-9-18;;/h4-7,14H,2-3,8-13,19H2,1H3,(H,20,22);2*1H. The number of morpholine rings is 1. The van der Waals surface area contributed by atoms with Crippen LogP contribution >= 0.6 is 24.8 Å². The van der Waals surface area contributed by atoms with Gasteiger partial charge in [-0.1, -0.05) is 25.0 Å². The van der Waals surface area contributed by atoms with Crippen LogP contribution in [-0.2, 0) is 9.53 Å². The fourth-order valence-corrected chi connectivity index (χ4v) is 3.51. The zero-order valence-electron chi connectivity index (χ0n) is 14.7. The fourth-order valence-electron chi connectivity index (χ4n) is 3.51. The normalized spacial score (nSPS) is 20.9. The number of nitrogens with zero attached hydrogens (tertiary/aromatic N) is 1. The number of nitrogens with two attached hydrogens (primary N) is 1. The molecule has 1 amide bonds. The Bertz CT molecular complexity index is 542. The van der Waals surface area contributed by atoms with E-state index in [4.69, 9.17) is 10.5 Å². The molecule has 1 aromatic carbocycles. The molecule has 3 rings (SSSR count). The zero-order valence-corrected chi connectivity index (χ0v) is 16.3. The van der Waals surface area contributed by atoms with Gasteiger partial charge in [-0.2, -0.15) is 0 Å². The van der Waals surface area contributed by atoms with E-state index < -0.39 is 5.54 Å². The lowest BCUT2D eigenvalue weighted by Gasteiger charge is -2.32. The van der Waals surface area contributed by atoms with E-state index >= 15 is 0 Å². The molecule has 5 nitrogen and oxygen atoms in total. The summed E-state index contributed by atoms with van der Waals surface area (Å²) in [5.74, 6) is -0.0519. The Kier molecular flexibility index (Phi) is 8.64. The summed E-state index contributed by atoms with van der Waals surface area (Å²) >= 11 is 0. The van der Waals surface area contributed by atoms with E-state index in [0.717, 1.165) is 57.7 Å². The van der Waals surface area contributed by atoms with Crippen LogP contribution in [0.15, 0.2) is 24.3 Å². The number of nitrogens with one attached hydrogen (secondary N) is 1. The topological polar surface area (TPSA) is 67.6 Å². The van der Waals surface area contributed by atoms with Gasteiger partial charge < -0.3 is 15.8 Å². The van der Waals surface area contributed by atoms with Gasteiger partial charge in [0, 0.05) is 24.8 Å². The lowest BCUT2D eigenvalue weighted by atomic mass is 9.98. The minimum Gasteiger partial charge on any atom is -0.379 e. The Labute approximate surface area is 162 Å². The molecule has 1 aromatic rings. The van der Waals surface area contributed by atoms with Gasteiger partial charge in [-0.3, -0.25) is 9.69 Å². The highest BCUT2D eigenvalue weighted by Gasteiger charge is 2.36. The number of halogens is 2. The third kappa shape index (κ3) is 5.31. The Hall–Kier alpha value is -0.850. The molecule has 3 N–H and O–H groups in total. The second-order valence-corrected chi connectivity index (χ2v) is 6.76. The van der Waals surface area contributed by atoms with E-state index in [1.165, 1.54) is 5.56 Å². The molecule has 1 heterocycles. The van der Waals surface area contributed by atoms with Crippen molar-refractivity contribution in [2.75, 3.05) is 31.6 Å². The predicted molar refractivity (Wildman–Crippen MR) is 106 cm³/mol. The molecule has 1 saturated heterocycles. The zero-order chi connectivity index (χ0) is 16.3. The van der Waals surface area contributed by atoms with Gasteiger partial charge in [-0.15, -0.1) is 24.8 Å². The van der Waals surface area contributed by atoms with Crippen LogP contribution in [0.3, 0.4) is 0 Å². The summed E-state index contributed by atoms with van der Waals surface area (Å²) in [6, 6.07) is 8.49. The Morgan fingerprint density at radius 2 is 1.72 bits per heavy atom. The lowest BCUT2D eigenvalue weighted by molar-refractivity contribution is -0.121. The molecular weight excluding hydrogens is 361 g/mol. The molecule has 0 radical (unpaired) electrons. The first-order valence-electron chi connectivity index (χ1n) is 8.61. The molecule has 142 valence electrons. The summed E-state index contributed by atoms with van der Waals surface area (Å²) in [5, 5.41) is 2.97. The highest BCUT2D eigenvalue weighted by Crippen LogP contribution is 2.29. The van der Waals surface area contributed by atoms with Crippen molar-refractivity contribution < 1.29 is 9.53 Å². The van der Waals surface area contributed by atoms with Crippen LogP contribution in [0, 0.1) is 0 Å². The van der Waals surface area contributed by atoms with Gasteiger partial charge >= 0.3 is 0 Å². The van der Waals surface area contributed by atoms with Crippen LogP contribution in [0.2, 0.25) is 0 Å². The van der Waals surface area contributed by atoms with Gasteiger partial charge in [0.1, 0.15) is 0 Å². The van der Waals surface area contributed by atoms with Crippen molar-refractivity contribution >= 4 is 36.4 Å². The molecule has 1 aliphatic heterocycles. The number of carbonyl (C=O) groups is 1. The summed E-state index contributed by atoms with van der Waals surface area (Å²) in [6.07, 6.45) is 3.65. The first kappa shape index (κ1) is 22.2. The highest BCUT2D eigenvalue weighted by atomic mass is 35.5. The van der Waals surface area contributed by atoms with Crippen molar-refractivity contribution in [1.82, 2.24) is 4.90 Å². The molecule has 7 heteroatoms. The smallest absolute Gasteiger partial charge is 0.244 e. The third-order valence-electron chi connectivity index (χ3n) is 5.19. The van der Waals surface area contributed by atoms with Crippen molar-refractivity contribution in [2.45, 2.75) is 44.2 Å². The molecule has 2 fully saturated rings. The van der Waals surface area contributed by atoms with Crippen molar-refractivity contribution in [3.8, 4) is 0 Å². The number of amides is 1. The first-order chi connectivity index (χ1) is 11.1. The van der Waals surface area contributed by atoms with Crippen molar-refractivity contribution in [3.05, 3.63) is 29.8 Å². The molecule has 0 spiro atoms. The summed E-state index contributed by atoms with van der Waals surface area (Å²) < 4.78 is 5.41. The molecule has 25 heavy (non-hydrogen) atoms. The number of rotatable bonds is 4. The Morgan fingerprint density at radius 3 is 2.28 bits per heavy atom. The molecule has 1 aliphatic carbocycles. The Morgan fingerprint density at radius 1 is 1.16 bits per heavy atom. The van der Waals surface area contributed by atoms with Crippen molar-refractivity contribution in [3.63, 3.8) is 0 Å². The summed E-state index contributed by atoms with van der Waals surface area (Å²) in [5.41, 5.74) is 7.60. The van der Waals surface area contributed by atoms with E-state index in [9.17, 15) is 4.79 Å². The number of hydrogen-bond acceptors (Lipinski definition) is 4. The van der Waals surface area contributed by atoms with E-state index in [2.05, 4.69) is 29.3 Å². The molecule has 1 unspecified atom stereocenters. The number of hydrogen-bond donors (Lipinski definition) is 2. The lowest BCUT2D eigenvalue weighted by Crippen LogP contribution is -2.48. The fraction of sp³-hybridized carbons (Fsp3) is 0.611. The number of ether oxygens (including phenoxy) is 1. The number of carbonyl (C=O) groups excluding carboxylic acids is 1. The van der Waals surface area contributed by atoms with Gasteiger partial charge in [0.05, 0.1) is 18.8 Å². The van der Waals surface area contributed by atoms with E-state index in [-0.39, 0.29) is 30.7 Å². The van der Waals surface area contributed by atoms with Crippen LogP contribution in [0.25, 0.3) is 0 Å². The second-order valence-electron chi connectivity index (χ2n) is 6.76. The van der Waals surface area contributed by atoms with Gasteiger partial charge in [0.25, 0.3) is 0 Å². The van der Waals surface area contributed by atoms with Gasteiger partial charge in [0.2, 0.25) is 5.91 Å². The molecule has 1 saturated carbocycles. The average molecular weight is 390 g/mol. The summed E-state index contributed by atoms with van der Waals surface area (Å²) in [4.78, 5) is 14.8. The van der Waals surface area contributed by atoms with Crippen molar-refractivity contribution in [2.24, 2.45) is 5.73 Å². The number of anilines is 1. The summed E-state index contributed by atoms with van der Waals surface area (Å²) in [6.45, 7) is 5.76. The van der Waals surface area contributed by atoms with Crippen molar-refractivity contribution in [1.29, 1.82) is 0 Å². The second kappa shape index (κ2) is 9.74.